The monoisotopic (exact) mass is 908 g/mol. The molecule has 156 valence electrons. The van der Waals surface area contributed by atoms with Crippen molar-refractivity contribution >= 4 is 76.0 Å². The van der Waals surface area contributed by atoms with Crippen LogP contribution in [-0.4, -0.2) is 76.0 Å². The minimum absolute atomic E-state index is 0. The first-order chi connectivity index (χ1) is 7.35. The van der Waals surface area contributed by atoms with E-state index in [2.05, 4.69) is 0 Å². The Morgan fingerprint density at radius 3 is 0.261 bits per heavy atom. The van der Waals surface area contributed by atoms with Crippen molar-refractivity contribution in [2.24, 2.45) is 0 Å². The van der Waals surface area contributed by atoms with Gasteiger partial charge in [-0.15, -0.1) is 0 Å². The van der Waals surface area contributed by atoms with Crippen LogP contribution in [0.25, 0.3) is 0 Å². The summed E-state index contributed by atoms with van der Waals surface area (Å²) in [6.07, 6.45) is 0. The number of hydrogen-bond donors (Lipinski definition) is 0. The van der Waals surface area contributed by atoms with E-state index in [9.17, 15) is 50.6 Å². The van der Waals surface area contributed by atoms with Gasteiger partial charge < -0.3 is 0 Å². The van der Waals surface area contributed by atoms with Gasteiger partial charge in [0.2, 0.25) is 24.0 Å². The van der Waals surface area contributed by atoms with Crippen LogP contribution in [0.1, 0.15) is 0 Å². The van der Waals surface area contributed by atoms with Crippen molar-refractivity contribution in [3.63, 3.8) is 0 Å². The van der Waals surface area contributed by atoms with Crippen molar-refractivity contribution in [1.82, 2.24) is 0 Å². The van der Waals surface area contributed by atoms with Gasteiger partial charge in [-0.2, -0.15) is 0 Å². The molecule has 0 unspecified atom stereocenters. The largest absolute Gasteiger partial charge is 0.235 e. The molecule has 23 heavy (non-hydrogen) atoms. The summed E-state index contributed by atoms with van der Waals surface area (Å²) in [5.74, 6) is 0. The Bertz CT molecular complexity index is 271. The van der Waals surface area contributed by atoms with E-state index < -0.39 is 58.4 Å². The second kappa shape index (κ2) is 5.98. The maximum atomic E-state index is 9.93. The fraction of sp³-hybridized carbons (Fsp3) is 0. The quantitative estimate of drug-likeness (QED) is 0.200. The Balaban J connectivity index is -0.0000000675. The van der Waals surface area contributed by atoms with Crippen LogP contribution in [0.4, 0.5) is 50.6 Å². The van der Waals surface area contributed by atoms with Gasteiger partial charge in [0.1, 0.15) is 0 Å². The number of halogens is 19. The summed E-state index contributed by atoms with van der Waals surface area (Å²) in [5.41, 5.74) is 0. The average Bonchev–Trinajstić information content (AvgIpc) is 1.19. The van der Waals surface area contributed by atoms with E-state index >= 15 is 0 Å². The Morgan fingerprint density at radius 1 is 0.261 bits per heavy atom. The molecule has 0 bridgehead atoms. The van der Waals surface area contributed by atoms with E-state index in [0.717, 1.165) is 0 Å². The summed E-state index contributed by atoms with van der Waals surface area (Å²) in [7, 11) is 0. The molecule has 0 aromatic heterocycles. The molecule has 0 rings (SSSR count). The van der Waals surface area contributed by atoms with E-state index in [-0.39, 0.29) is 41.6 Å². The minimum Gasteiger partial charge on any atom is 0 e. The Morgan fingerprint density at radius 2 is 0.261 bits per heavy atom. The molecule has 0 aliphatic carbocycles. The smallest absolute Gasteiger partial charge is 0 e. The van der Waals surface area contributed by atoms with Crippen LogP contribution in [-0.2, 0) is 0 Å². The van der Waals surface area contributed by atoms with Crippen LogP contribution in [0.2, 0.25) is 0 Å². The molecule has 0 atom stereocenters. The first kappa shape index (κ1) is 36.4. The van der Waals surface area contributed by atoms with Crippen molar-refractivity contribution in [3.8, 4) is 0 Å². The van der Waals surface area contributed by atoms with Crippen molar-refractivity contribution in [3.05, 3.63) is 0 Å². The molecule has 0 aliphatic rings. The minimum atomic E-state index is -11.2. The fourth-order valence-corrected chi connectivity index (χ4v) is 0. The predicted octanol–water partition coefficient (Wildman–Crippen LogP) is 2.51. The van der Waals surface area contributed by atoms with Crippen molar-refractivity contribution < 1.29 is 74.6 Å². The van der Waals surface area contributed by atoms with Gasteiger partial charge in [-0.05, 0) is 0 Å². The second-order valence-corrected chi connectivity index (χ2v) is 19.3. The van der Waals surface area contributed by atoms with Crippen molar-refractivity contribution in [1.29, 1.82) is 0 Å². The van der Waals surface area contributed by atoms with Crippen LogP contribution in [0, 0.1) is 0 Å². The maximum Gasteiger partial charge on any atom is 0.235 e. The molecule has 0 fully saturated rings. The fourth-order valence-electron chi connectivity index (χ4n) is 0. The zero-order chi connectivity index (χ0) is 19.2. The molecule has 0 nitrogen and oxygen atoms in total. The van der Waals surface area contributed by atoms with Crippen molar-refractivity contribution in [2.45, 2.75) is 0 Å². The third kappa shape index (κ3) is 2030. The Hall–Kier alpha value is 2.47. The number of rotatable bonds is 0. The average molecular weight is 909 g/mol. The van der Waals surface area contributed by atoms with E-state index in [1.165, 1.54) is 0 Å². The Labute approximate surface area is 149 Å². The molecule has 0 saturated carbocycles. The van der Waals surface area contributed by atoms with Crippen LogP contribution in [0.3, 0.4) is 0 Å². The Kier molecular flexibility index (Phi) is 9.46. The van der Waals surface area contributed by atoms with Crippen LogP contribution >= 0.6 is 0 Å². The molecule has 0 saturated heterocycles. The van der Waals surface area contributed by atoms with Gasteiger partial charge in [0, 0.05) is 17.6 Å². The molecule has 23 heteroatoms. The molecule has 0 N–H and O–H groups in total. The topological polar surface area (TPSA) is 0 Å². The van der Waals surface area contributed by atoms with Gasteiger partial charge in [-0.25, -0.2) is 0 Å². The third-order valence-electron chi connectivity index (χ3n) is 0. The third-order valence-corrected chi connectivity index (χ3v) is 0. The van der Waals surface area contributed by atoms with E-state index in [1.54, 1.807) is 0 Å². The van der Waals surface area contributed by atoms with E-state index in [0.29, 0.717) is 0 Å². The summed E-state index contributed by atoms with van der Waals surface area (Å²) in [5, 5.41) is 0. The summed E-state index contributed by atoms with van der Waals surface area (Å²) in [6.45, 7) is 0. The van der Waals surface area contributed by atoms with Crippen LogP contribution < -0.4 is 24.0 Å². The molecular weight excluding hydrogens is 907 g/mol. The predicted molar refractivity (Wildman–Crippen MR) is 45.7 cm³/mol. The molecule has 0 heterocycles. The van der Waals surface area contributed by atoms with Crippen molar-refractivity contribution in [2.75, 3.05) is 0 Å². The maximum absolute atomic E-state index is 11.2. The summed E-state index contributed by atoms with van der Waals surface area (Å²) < 4.78 is 179. The normalized spacial score (nSPS) is 21.1. The zero-order valence-electron chi connectivity index (χ0n) is 9.09. The SMILES string of the molecule is [F][Sb-]([F])([F])([F])([F])[F].[F][Sb-]([F])([F])([F])([F])[F].[F][Sb-]([F])([F])([F])([F])[F].[Ge].[IH2+]. The molecule has 0 aliphatic heterocycles. The molecule has 0 aromatic carbocycles. The summed E-state index contributed by atoms with van der Waals surface area (Å²) in [6, 6.07) is 0. The molecular formula is H2F18GeISb3-2. The van der Waals surface area contributed by atoms with Gasteiger partial charge in [0.25, 0.3) is 0 Å². The zero-order valence-corrected chi connectivity index (χ0v) is 21.4. The standard InChI is InChI=1S/18FH.Ge.H2I.3Sb/h18*1H;;1H2;;;/q;;;;;;;;;;;;;;;;;;;+1;3*+5/p-18. The molecule has 0 aromatic rings. The van der Waals surface area contributed by atoms with Gasteiger partial charge in [-0.1, -0.05) is 0 Å². The first-order valence-electron chi connectivity index (χ1n) is 3.04. The molecule has 4 radical (unpaired) electrons. The van der Waals surface area contributed by atoms with Crippen LogP contribution in [0.5, 0.6) is 0 Å². The van der Waals surface area contributed by atoms with Gasteiger partial charge >= 0.3 is 109 Å². The first-order valence-corrected chi connectivity index (χ1v) is 20.4. The van der Waals surface area contributed by atoms with Crippen LogP contribution in [0.15, 0.2) is 0 Å². The van der Waals surface area contributed by atoms with Gasteiger partial charge in [0.05, 0.1) is 0 Å². The molecule has 0 spiro atoms. The van der Waals surface area contributed by atoms with Gasteiger partial charge in [0.15, 0.2) is 0 Å². The van der Waals surface area contributed by atoms with E-state index in [4.69, 9.17) is 0 Å². The summed E-state index contributed by atoms with van der Waals surface area (Å²) in [4.78, 5) is 0. The second-order valence-electron chi connectivity index (χ2n) is 2.87. The van der Waals surface area contributed by atoms with Gasteiger partial charge in [-0.3, -0.25) is 0 Å². The van der Waals surface area contributed by atoms with E-state index in [1.807, 2.05) is 0 Å². The number of hydrogen-bond acceptors (Lipinski definition) is 0. The molecule has 0 amide bonds. The summed E-state index contributed by atoms with van der Waals surface area (Å²) >= 11 is -33.8.